The first-order valence-electron chi connectivity index (χ1n) is 21.7. The highest BCUT2D eigenvalue weighted by molar-refractivity contribution is 6.12. The van der Waals surface area contributed by atoms with Crippen LogP contribution in [0.25, 0.3) is 21.8 Å². The van der Waals surface area contributed by atoms with Crippen LogP contribution in [0.2, 0.25) is 0 Å². The Morgan fingerprint density at radius 1 is 0.632 bits per heavy atom. The molecule has 2 aliphatic heterocycles. The Morgan fingerprint density at radius 3 is 1.43 bits per heavy atom. The lowest BCUT2D eigenvalue weighted by molar-refractivity contribution is -0.159. The second-order valence-corrected chi connectivity index (χ2v) is 16.8. The topological polar surface area (TPSA) is 235 Å². The van der Waals surface area contributed by atoms with Crippen molar-refractivity contribution in [2.24, 2.45) is 0 Å². The van der Waals surface area contributed by atoms with Crippen molar-refractivity contribution < 1.29 is 38.1 Å². The number of esters is 2. The minimum absolute atomic E-state index is 0.0252. The Morgan fingerprint density at radius 2 is 1.04 bits per heavy atom. The van der Waals surface area contributed by atoms with E-state index in [-0.39, 0.29) is 45.0 Å². The summed E-state index contributed by atoms with van der Waals surface area (Å²) in [7, 11) is 3.99. The van der Waals surface area contributed by atoms with Crippen molar-refractivity contribution in [1.82, 2.24) is 29.7 Å². The van der Waals surface area contributed by atoms with Gasteiger partial charge < -0.3 is 39.4 Å². The number of ether oxygens (including phenoxy) is 4. The van der Waals surface area contributed by atoms with E-state index in [2.05, 4.69) is 80.2 Å². The summed E-state index contributed by atoms with van der Waals surface area (Å²) in [6, 6.07) is 23.6. The summed E-state index contributed by atoms with van der Waals surface area (Å²) in [5, 5.41) is 25.9. The molecule has 2 amide bonds. The monoisotopic (exact) mass is 914 g/mol. The maximum absolute atomic E-state index is 14.3. The molecule has 6 aromatic rings. The average molecular weight is 915 g/mol. The fourth-order valence-electron chi connectivity index (χ4n) is 7.91. The van der Waals surface area contributed by atoms with Gasteiger partial charge in [-0.05, 0) is 102 Å². The number of aromatic nitrogens is 4. The molecule has 68 heavy (non-hydrogen) atoms. The Balaban J connectivity index is 1.13. The molecule has 0 saturated carbocycles. The van der Waals surface area contributed by atoms with E-state index in [9.17, 15) is 29.7 Å². The maximum atomic E-state index is 14.3. The first-order valence-corrected chi connectivity index (χ1v) is 21.7. The average Bonchev–Trinajstić information content (AvgIpc) is 3.77. The molecule has 2 N–H and O–H groups in total. The normalized spacial score (nSPS) is 17.3. The summed E-state index contributed by atoms with van der Waals surface area (Å²) >= 11 is 0. The van der Waals surface area contributed by atoms with Gasteiger partial charge in [0.25, 0.3) is 23.0 Å². The number of fused-ring (bicyclic) bond motifs is 4. The SMILES string of the molecule is CC(C)N(C)CCOc1ccc2c(C3(OC(=O)/C=C/C(=O)OC4(c5ncnc6cc(OCCN(C)C(C)C)ccc56)C(=O)Nc5ccc(C#N)cc54)C(=O)Nc4ccc(C#N)cc43)ncnc2c1. The van der Waals surface area contributed by atoms with Gasteiger partial charge in [-0.25, -0.2) is 29.5 Å². The summed E-state index contributed by atoms with van der Waals surface area (Å²) in [5.41, 5.74) is -2.83. The van der Waals surface area contributed by atoms with Gasteiger partial charge in [-0.1, -0.05) is 0 Å². The third-order valence-electron chi connectivity index (χ3n) is 12.1. The number of anilines is 2. The predicted octanol–water partition coefficient (Wildman–Crippen LogP) is 5.49. The van der Waals surface area contributed by atoms with Crippen molar-refractivity contribution in [2.75, 3.05) is 51.0 Å². The standard InChI is InChI=1S/C50H46N10O8/c1-29(2)59(5)17-19-65-33-9-11-35-41(23-33)53-27-55-45(35)49(37-21-31(25-51)7-13-39(37)57-47(49)63)67-43(61)15-16-44(62)68-50(38-22-32(26-52)8-14-40(38)58-48(50)64)46-36-12-10-34(24-42(36)54-28-56-46)66-20-18-60(6)30(3)4/h7-16,21-24,27-30H,17-20H2,1-6H3,(H,57,63)(H,58,64)/b16-15+. The van der Waals surface area contributed by atoms with Crippen LogP contribution in [0.15, 0.2) is 97.6 Å². The van der Waals surface area contributed by atoms with Gasteiger partial charge in [0.15, 0.2) is 0 Å². The van der Waals surface area contributed by atoms with Crippen LogP contribution >= 0.6 is 0 Å². The number of benzene rings is 4. The molecule has 0 radical (unpaired) electrons. The molecule has 2 atom stereocenters. The lowest BCUT2D eigenvalue weighted by atomic mass is 9.87. The lowest BCUT2D eigenvalue weighted by Gasteiger charge is -2.28. The molecule has 0 aliphatic carbocycles. The van der Waals surface area contributed by atoms with Gasteiger partial charge in [0, 0.05) is 82.7 Å². The third kappa shape index (κ3) is 8.61. The van der Waals surface area contributed by atoms with E-state index in [1.165, 1.54) is 49.1 Å². The van der Waals surface area contributed by atoms with Crippen LogP contribution in [0, 0.1) is 22.7 Å². The predicted molar refractivity (Wildman–Crippen MR) is 248 cm³/mol. The maximum Gasteiger partial charge on any atom is 0.332 e. The van der Waals surface area contributed by atoms with Gasteiger partial charge in [0.05, 0.1) is 34.3 Å². The van der Waals surface area contributed by atoms with Gasteiger partial charge in [-0.2, -0.15) is 10.5 Å². The first kappa shape index (κ1) is 46.2. The van der Waals surface area contributed by atoms with E-state index >= 15 is 0 Å². The van der Waals surface area contributed by atoms with Gasteiger partial charge in [-0.15, -0.1) is 0 Å². The van der Waals surface area contributed by atoms with Crippen LogP contribution in [-0.2, 0) is 39.9 Å². The quantitative estimate of drug-likeness (QED) is 0.0902. The summed E-state index contributed by atoms with van der Waals surface area (Å²) in [4.78, 5) is 78.9. The van der Waals surface area contributed by atoms with Crippen LogP contribution in [0.1, 0.15) is 61.3 Å². The number of nitriles is 2. The molecule has 4 aromatic carbocycles. The van der Waals surface area contributed by atoms with Crippen LogP contribution < -0.4 is 20.1 Å². The third-order valence-corrected chi connectivity index (χ3v) is 12.1. The van der Waals surface area contributed by atoms with E-state index in [0.29, 0.717) is 71.7 Å². The summed E-state index contributed by atoms with van der Waals surface area (Å²) in [5.74, 6) is -2.98. The molecule has 18 nitrogen and oxygen atoms in total. The summed E-state index contributed by atoms with van der Waals surface area (Å²) in [6.45, 7) is 10.4. The van der Waals surface area contributed by atoms with E-state index in [0.717, 1.165) is 12.2 Å². The van der Waals surface area contributed by atoms with Crippen molar-refractivity contribution in [3.63, 3.8) is 0 Å². The van der Waals surface area contributed by atoms with E-state index in [4.69, 9.17) is 18.9 Å². The largest absolute Gasteiger partial charge is 0.492 e. The second-order valence-electron chi connectivity index (χ2n) is 16.8. The molecular formula is C50H46N10O8. The van der Waals surface area contributed by atoms with Crippen molar-refractivity contribution in [1.29, 1.82) is 10.5 Å². The highest BCUT2D eigenvalue weighted by Gasteiger charge is 2.56. The molecule has 0 fully saturated rings. The van der Waals surface area contributed by atoms with Crippen LogP contribution in [-0.4, -0.2) is 106 Å². The number of nitrogens with zero attached hydrogens (tertiary/aromatic N) is 8. The zero-order valence-electron chi connectivity index (χ0n) is 38.1. The number of rotatable bonds is 16. The van der Waals surface area contributed by atoms with Crippen LogP contribution in [0.4, 0.5) is 11.4 Å². The molecular weight excluding hydrogens is 869 g/mol. The summed E-state index contributed by atoms with van der Waals surface area (Å²) < 4.78 is 24.2. The van der Waals surface area contributed by atoms with E-state index in [1.807, 2.05) is 14.1 Å². The van der Waals surface area contributed by atoms with Crippen molar-refractivity contribution in [3.8, 4) is 23.6 Å². The molecule has 0 spiro atoms. The highest BCUT2D eigenvalue weighted by Crippen LogP contribution is 2.47. The second kappa shape index (κ2) is 18.9. The number of nitrogens with one attached hydrogen (secondary N) is 2. The molecule has 18 heteroatoms. The number of carbonyl (C=O) groups excluding carboxylic acids is 4. The minimum atomic E-state index is -2.29. The zero-order chi connectivity index (χ0) is 48.3. The molecule has 0 saturated heterocycles. The summed E-state index contributed by atoms with van der Waals surface area (Å²) in [6.07, 6.45) is 3.93. The first-order chi connectivity index (χ1) is 32.7. The van der Waals surface area contributed by atoms with Gasteiger partial charge in [0.1, 0.15) is 48.8 Å². The van der Waals surface area contributed by atoms with Crippen molar-refractivity contribution in [3.05, 3.63) is 131 Å². The van der Waals surface area contributed by atoms with Gasteiger partial charge in [-0.3, -0.25) is 9.59 Å². The van der Waals surface area contributed by atoms with Crippen LogP contribution in [0.3, 0.4) is 0 Å². The molecule has 2 unspecified atom stereocenters. The molecule has 4 heterocycles. The van der Waals surface area contributed by atoms with Gasteiger partial charge >= 0.3 is 11.9 Å². The fourth-order valence-corrected chi connectivity index (χ4v) is 7.91. The molecule has 2 aliphatic rings. The Labute approximate surface area is 391 Å². The minimum Gasteiger partial charge on any atom is -0.492 e. The number of hydrogen-bond donors (Lipinski definition) is 2. The molecule has 0 bridgehead atoms. The number of carbonyl (C=O) groups is 4. The lowest BCUT2D eigenvalue weighted by Crippen LogP contribution is -2.42. The van der Waals surface area contributed by atoms with Crippen molar-refractivity contribution in [2.45, 2.75) is 51.0 Å². The fraction of sp³-hybridized carbons (Fsp3) is 0.280. The molecule has 2 aromatic heterocycles. The van der Waals surface area contributed by atoms with E-state index in [1.54, 1.807) is 36.4 Å². The Kier molecular flexibility index (Phi) is 12.8. The molecule has 8 rings (SSSR count). The highest BCUT2D eigenvalue weighted by atomic mass is 16.6. The Bertz CT molecular complexity index is 2920. The van der Waals surface area contributed by atoms with E-state index < -0.39 is 35.0 Å². The van der Waals surface area contributed by atoms with Crippen LogP contribution in [0.5, 0.6) is 11.5 Å². The number of hydrogen-bond acceptors (Lipinski definition) is 16. The smallest absolute Gasteiger partial charge is 0.332 e. The molecule has 344 valence electrons. The number of amides is 2. The zero-order valence-corrected chi connectivity index (χ0v) is 38.1. The van der Waals surface area contributed by atoms with Gasteiger partial charge in [0.2, 0.25) is 0 Å². The Hall–Kier alpha value is -8.32. The number of likely N-dealkylation sites (N-methyl/N-ethyl adjacent to an activating group) is 2. The van der Waals surface area contributed by atoms with Crippen molar-refractivity contribution >= 4 is 56.9 Å².